The summed E-state index contributed by atoms with van der Waals surface area (Å²) >= 11 is 0. The van der Waals surface area contributed by atoms with Gasteiger partial charge in [-0.2, -0.15) is 0 Å². The Morgan fingerprint density at radius 1 is 0.327 bits per heavy atom. The second-order valence-electron chi connectivity index (χ2n) is 33.5. The molecule has 17 unspecified atom stereocenters. The highest BCUT2D eigenvalue weighted by atomic mass is 16.8. The normalized spacial score (nSPS) is 25.2. The molecule has 0 aliphatic carbocycles. The van der Waals surface area contributed by atoms with Gasteiger partial charge in [-0.3, -0.25) is 4.79 Å². The molecular formula is C91H173NO18. The fraction of sp³-hybridized carbons (Fsp3) is 0.945. The van der Waals surface area contributed by atoms with Crippen molar-refractivity contribution in [1.82, 2.24) is 5.32 Å². The van der Waals surface area contributed by atoms with E-state index in [9.17, 15) is 61.0 Å². The Morgan fingerprint density at radius 3 is 0.927 bits per heavy atom. The van der Waals surface area contributed by atoms with Crippen molar-refractivity contribution < 1.29 is 89.4 Å². The van der Waals surface area contributed by atoms with E-state index in [1.807, 2.05) is 0 Å². The van der Waals surface area contributed by atoms with Crippen LogP contribution >= 0.6 is 0 Å². The number of unbranched alkanes of at least 4 members (excludes halogenated alkanes) is 57. The van der Waals surface area contributed by atoms with Crippen molar-refractivity contribution in [3.8, 4) is 0 Å². The summed E-state index contributed by atoms with van der Waals surface area (Å²) in [5.74, 6) is -0.233. The van der Waals surface area contributed by atoms with Crippen molar-refractivity contribution in [2.75, 3.05) is 26.4 Å². The van der Waals surface area contributed by atoms with Crippen LogP contribution in [-0.4, -0.2) is 193 Å². The van der Waals surface area contributed by atoms with Gasteiger partial charge in [0.15, 0.2) is 18.9 Å². The highest BCUT2D eigenvalue weighted by molar-refractivity contribution is 5.76. The zero-order valence-electron chi connectivity index (χ0n) is 70.3. The van der Waals surface area contributed by atoms with Gasteiger partial charge in [0.05, 0.1) is 38.6 Å². The number of aliphatic hydroxyl groups is 11. The molecule has 0 saturated carbocycles. The van der Waals surface area contributed by atoms with Gasteiger partial charge in [0.25, 0.3) is 0 Å². The SMILES string of the molecule is CCCCCCC/C=C\C/C=C\CCCCCCCCCCCCCCCCCCCCCCCC(=O)NC(COC1OC(CO)C(OC2OC(CO)C(OC3OC(CO)C(O)C(O)C3O)C(O)C2O)C(O)C1O)C(O)CCCCCCCCCCCCCCCCCCCCCCCCCCCCCCCCCC. The minimum absolute atomic E-state index is 0.233. The van der Waals surface area contributed by atoms with Gasteiger partial charge >= 0.3 is 0 Å². The Hall–Kier alpha value is -1.73. The van der Waals surface area contributed by atoms with Gasteiger partial charge in [-0.1, -0.05) is 391 Å². The van der Waals surface area contributed by atoms with E-state index in [1.165, 1.54) is 334 Å². The molecule has 0 spiro atoms. The number of rotatable bonds is 77. The quantitative estimate of drug-likeness (QED) is 0.0199. The van der Waals surface area contributed by atoms with Crippen LogP contribution in [0.25, 0.3) is 0 Å². The third-order valence-electron chi connectivity index (χ3n) is 23.5. The fourth-order valence-electron chi connectivity index (χ4n) is 16.1. The molecule has 3 aliphatic rings. The van der Waals surface area contributed by atoms with E-state index in [4.69, 9.17) is 28.4 Å². The smallest absolute Gasteiger partial charge is 0.220 e. The largest absolute Gasteiger partial charge is 0.394 e. The topological polar surface area (TPSA) is 307 Å². The maximum absolute atomic E-state index is 13.6. The van der Waals surface area contributed by atoms with Crippen molar-refractivity contribution in [2.24, 2.45) is 0 Å². The minimum atomic E-state index is -1.97. The van der Waals surface area contributed by atoms with E-state index in [-0.39, 0.29) is 18.9 Å². The zero-order chi connectivity index (χ0) is 79.5. The maximum atomic E-state index is 13.6. The van der Waals surface area contributed by atoms with Crippen LogP contribution in [-0.2, 0) is 33.2 Å². The second-order valence-corrected chi connectivity index (χ2v) is 33.5. The summed E-state index contributed by atoms with van der Waals surface area (Å²) in [6.45, 7) is 1.87. The standard InChI is InChI=1S/C91H173NO18/c1-3-5-7-9-11-13-15-17-19-21-23-25-27-29-31-33-35-37-39-41-43-45-47-49-51-53-55-57-59-61-63-65-67-69-79(97)92-74(75(96)68-66-64-62-60-58-56-54-52-50-48-46-44-42-40-38-36-34-32-30-28-26-24-22-20-18-16-14-12-10-8-6-4-2)73-105-89-85(103)82(100)87(77(71-94)107-89)110-91-86(104)83(101)88(78(72-95)108-91)109-90-84(102)81(99)80(98)76(70-93)106-90/h15,17,21,23,74-78,80-91,93-96,98-104H,3-14,16,18-20,22,24-73H2,1-2H3,(H,92,97)/b17-15-,23-21-. The Labute approximate surface area is 670 Å². The van der Waals surface area contributed by atoms with Crippen molar-refractivity contribution in [1.29, 1.82) is 0 Å². The molecule has 12 N–H and O–H groups in total. The van der Waals surface area contributed by atoms with E-state index in [2.05, 4.69) is 43.5 Å². The molecule has 0 aromatic rings. The van der Waals surface area contributed by atoms with Gasteiger partial charge in [0.2, 0.25) is 5.91 Å². The monoisotopic (exact) mass is 1570 g/mol. The number of carbonyl (C=O) groups excluding carboxylic acids is 1. The number of carbonyl (C=O) groups is 1. The fourth-order valence-corrected chi connectivity index (χ4v) is 16.1. The number of amides is 1. The summed E-state index contributed by atoms with van der Waals surface area (Å²) in [4.78, 5) is 13.6. The van der Waals surface area contributed by atoms with Crippen molar-refractivity contribution in [3.05, 3.63) is 24.3 Å². The molecule has 3 saturated heterocycles. The number of hydrogen-bond donors (Lipinski definition) is 12. The van der Waals surface area contributed by atoms with Gasteiger partial charge in [-0.15, -0.1) is 0 Å². The zero-order valence-corrected chi connectivity index (χ0v) is 70.3. The van der Waals surface area contributed by atoms with Crippen LogP contribution in [0.15, 0.2) is 24.3 Å². The van der Waals surface area contributed by atoms with E-state index < -0.39 is 124 Å². The maximum Gasteiger partial charge on any atom is 0.220 e. The molecule has 110 heavy (non-hydrogen) atoms. The van der Waals surface area contributed by atoms with Crippen molar-refractivity contribution >= 4 is 5.91 Å². The number of nitrogens with one attached hydrogen (secondary N) is 1. The summed E-state index contributed by atoms with van der Waals surface area (Å²) in [5, 5.41) is 121. The Morgan fingerprint density at radius 2 is 0.600 bits per heavy atom. The molecule has 0 aromatic heterocycles. The first-order chi connectivity index (χ1) is 53.8. The number of ether oxygens (including phenoxy) is 6. The molecule has 19 heteroatoms. The molecule has 3 heterocycles. The molecule has 0 bridgehead atoms. The van der Waals surface area contributed by atoms with E-state index in [0.29, 0.717) is 12.8 Å². The molecule has 3 fully saturated rings. The summed E-state index contributed by atoms with van der Waals surface area (Å²) in [5.41, 5.74) is 0. The van der Waals surface area contributed by atoms with Crippen LogP contribution in [0, 0.1) is 0 Å². The van der Waals surface area contributed by atoms with Crippen LogP contribution in [0.5, 0.6) is 0 Å². The van der Waals surface area contributed by atoms with Crippen molar-refractivity contribution in [3.63, 3.8) is 0 Å². The lowest BCUT2D eigenvalue weighted by molar-refractivity contribution is -0.379. The predicted molar refractivity (Wildman–Crippen MR) is 443 cm³/mol. The lowest BCUT2D eigenvalue weighted by Gasteiger charge is -2.48. The first-order valence-corrected chi connectivity index (χ1v) is 46.6. The Bertz CT molecular complexity index is 2070. The molecule has 3 rings (SSSR count). The van der Waals surface area contributed by atoms with Gasteiger partial charge in [-0.25, -0.2) is 0 Å². The third-order valence-corrected chi connectivity index (χ3v) is 23.5. The van der Waals surface area contributed by atoms with Crippen LogP contribution in [0.3, 0.4) is 0 Å². The average molecular weight is 1570 g/mol. The van der Waals surface area contributed by atoms with E-state index in [0.717, 1.165) is 51.4 Å². The predicted octanol–water partition coefficient (Wildman–Crippen LogP) is 18.0. The molecule has 0 radical (unpaired) electrons. The lowest BCUT2D eigenvalue weighted by Crippen LogP contribution is -2.66. The highest BCUT2D eigenvalue weighted by Gasteiger charge is 2.54. The van der Waals surface area contributed by atoms with Gasteiger partial charge in [0.1, 0.15) is 73.2 Å². The number of allylic oxidation sites excluding steroid dienone is 4. The lowest BCUT2D eigenvalue weighted by atomic mass is 9.96. The van der Waals surface area contributed by atoms with Crippen molar-refractivity contribution in [2.45, 2.75) is 523 Å². The summed E-state index contributed by atoms with van der Waals surface area (Å²) in [6, 6.07) is -0.887. The minimum Gasteiger partial charge on any atom is -0.394 e. The second kappa shape index (κ2) is 71.4. The van der Waals surface area contributed by atoms with Gasteiger partial charge in [-0.05, 0) is 44.9 Å². The van der Waals surface area contributed by atoms with Crippen LogP contribution < -0.4 is 5.32 Å². The third kappa shape index (κ3) is 49.5. The molecule has 0 aromatic carbocycles. The van der Waals surface area contributed by atoms with Crippen LogP contribution in [0.1, 0.15) is 418 Å². The molecule has 3 aliphatic heterocycles. The number of aliphatic hydroxyl groups excluding tert-OH is 11. The summed E-state index contributed by atoms with van der Waals surface area (Å²) in [7, 11) is 0. The molecule has 1 amide bonds. The van der Waals surface area contributed by atoms with E-state index in [1.54, 1.807) is 0 Å². The summed E-state index contributed by atoms with van der Waals surface area (Å²) in [6.07, 6.45) is 63.0. The highest BCUT2D eigenvalue weighted by Crippen LogP contribution is 2.34. The Balaban J connectivity index is 1.31. The summed E-state index contributed by atoms with van der Waals surface area (Å²) < 4.78 is 34.6. The molecule has 19 nitrogen and oxygen atoms in total. The molecule has 17 atom stereocenters. The molecular weight excluding hydrogens is 1390 g/mol. The first kappa shape index (κ1) is 102. The van der Waals surface area contributed by atoms with Gasteiger partial charge in [0, 0.05) is 6.42 Å². The van der Waals surface area contributed by atoms with Crippen LogP contribution in [0.4, 0.5) is 0 Å². The van der Waals surface area contributed by atoms with Crippen LogP contribution in [0.2, 0.25) is 0 Å². The first-order valence-electron chi connectivity index (χ1n) is 46.6. The number of hydrogen-bond acceptors (Lipinski definition) is 18. The van der Waals surface area contributed by atoms with E-state index >= 15 is 0 Å². The molecule has 650 valence electrons. The Kier molecular flexibility index (Phi) is 66.5. The average Bonchev–Trinajstić information content (AvgIpc) is 0.780. The van der Waals surface area contributed by atoms with Gasteiger partial charge < -0.3 is 89.9 Å².